The van der Waals surface area contributed by atoms with E-state index in [9.17, 15) is 39.6 Å². The third-order valence-electron chi connectivity index (χ3n) is 13.6. The number of amides is 1. The summed E-state index contributed by atoms with van der Waals surface area (Å²) in [4.78, 5) is 55.7. The van der Waals surface area contributed by atoms with Crippen LogP contribution in [0.5, 0.6) is 5.75 Å². The maximum absolute atomic E-state index is 12.8. The fourth-order valence-corrected chi connectivity index (χ4v) is 11.1. The number of nitrogens with zero attached hydrogens (tertiary/aromatic N) is 1. The molecule has 7 atom stereocenters. The number of phenolic OH excluding ortho intramolecular Hbond substituents is 1. The second kappa shape index (κ2) is 14.3. The molecule has 3 saturated carbocycles. The third kappa shape index (κ3) is 6.38. The Morgan fingerprint density at radius 2 is 1.80 bits per heavy atom. The number of carbonyl (C=O) groups is 3. The molecular weight excluding hydrogens is 716 g/mol. The van der Waals surface area contributed by atoms with Gasteiger partial charge < -0.3 is 35.0 Å². The molecule has 12 nitrogen and oxygen atoms in total. The first-order valence-electron chi connectivity index (χ1n) is 19.3. The molecule has 12 heteroatoms. The number of carboxylic acids is 1. The first kappa shape index (κ1) is 37.6. The number of benzene rings is 3. The van der Waals surface area contributed by atoms with Crippen LogP contribution in [-0.4, -0.2) is 63.1 Å². The second-order valence-corrected chi connectivity index (χ2v) is 16.6. The smallest absolute Gasteiger partial charge is 0.336 e. The molecule has 292 valence electrons. The number of oxime groups is 1. The van der Waals surface area contributed by atoms with Crippen LogP contribution < -0.4 is 10.7 Å². The number of carboxylic acid groups (broad SMARTS) is 1. The lowest BCUT2D eigenvalue weighted by Gasteiger charge is -2.59. The molecular formula is C44H46N2O10. The normalized spacial score (nSPS) is 29.0. The molecule has 5 N–H and O–H groups in total. The number of aliphatic hydroxyl groups excluding tert-OH is 2. The Kier molecular flexibility index (Phi) is 9.61. The van der Waals surface area contributed by atoms with Crippen LogP contribution in [0, 0.1) is 34.5 Å². The number of aliphatic hydroxyl groups is 2. The van der Waals surface area contributed by atoms with Gasteiger partial charge in [0.1, 0.15) is 23.7 Å². The van der Waals surface area contributed by atoms with Crippen LogP contribution in [0.1, 0.15) is 74.7 Å². The number of carbonyl (C=O) groups excluding carboxylic acids is 2. The summed E-state index contributed by atoms with van der Waals surface area (Å²) in [6, 6.07) is 13.7. The van der Waals surface area contributed by atoms with Gasteiger partial charge in [0.15, 0.2) is 17.8 Å². The van der Waals surface area contributed by atoms with Gasteiger partial charge in [-0.25, -0.2) is 4.79 Å². The van der Waals surface area contributed by atoms with Crippen LogP contribution in [0.2, 0.25) is 0 Å². The minimum Gasteiger partial charge on any atom is -0.508 e. The molecule has 4 unspecified atom stereocenters. The van der Waals surface area contributed by atoms with Crippen molar-refractivity contribution in [1.29, 1.82) is 0 Å². The summed E-state index contributed by atoms with van der Waals surface area (Å²) in [5, 5.41) is 49.2. The van der Waals surface area contributed by atoms with Crippen molar-refractivity contribution in [1.82, 2.24) is 5.32 Å². The highest BCUT2D eigenvalue weighted by Crippen LogP contribution is 2.66. The molecule has 0 saturated heterocycles. The topological polar surface area (TPSA) is 196 Å². The van der Waals surface area contributed by atoms with Crippen molar-refractivity contribution in [2.45, 2.75) is 71.4 Å². The van der Waals surface area contributed by atoms with Crippen molar-refractivity contribution >= 4 is 34.3 Å². The van der Waals surface area contributed by atoms with Crippen LogP contribution >= 0.6 is 0 Å². The van der Waals surface area contributed by atoms with Gasteiger partial charge in [0.25, 0.3) is 5.91 Å². The number of phenols is 1. The number of ketones is 1. The van der Waals surface area contributed by atoms with E-state index < -0.39 is 24.6 Å². The van der Waals surface area contributed by atoms with Gasteiger partial charge in [-0.1, -0.05) is 36.7 Å². The Hall–Kier alpha value is -5.33. The number of Topliss-reactive ketones (excluding diaryl/α,β-unsaturated/α-hetero) is 1. The Morgan fingerprint density at radius 3 is 2.59 bits per heavy atom. The number of aromatic carboxylic acids is 1. The lowest BCUT2D eigenvalue weighted by Crippen LogP contribution is -2.57. The van der Waals surface area contributed by atoms with E-state index in [2.05, 4.69) is 30.4 Å². The molecule has 8 rings (SSSR count). The van der Waals surface area contributed by atoms with Gasteiger partial charge in [-0.15, -0.1) is 0 Å². The number of rotatable bonds is 9. The van der Waals surface area contributed by atoms with Crippen molar-refractivity contribution in [2.75, 3.05) is 13.2 Å². The molecule has 1 aliphatic heterocycles. The van der Waals surface area contributed by atoms with Crippen molar-refractivity contribution < 1.29 is 44.1 Å². The summed E-state index contributed by atoms with van der Waals surface area (Å²) in [7, 11) is 0. The zero-order chi connectivity index (χ0) is 39.5. The van der Waals surface area contributed by atoms with E-state index in [1.165, 1.54) is 35.9 Å². The van der Waals surface area contributed by atoms with Crippen LogP contribution in [-0.2, 0) is 21.0 Å². The zero-order valence-corrected chi connectivity index (χ0v) is 31.4. The molecule has 2 aromatic rings. The molecule has 0 spiro atoms. The van der Waals surface area contributed by atoms with Crippen LogP contribution in [0.4, 0.5) is 0 Å². The fourth-order valence-electron chi connectivity index (χ4n) is 11.1. The van der Waals surface area contributed by atoms with Gasteiger partial charge >= 0.3 is 5.97 Å². The van der Waals surface area contributed by atoms with E-state index in [0.717, 1.165) is 37.8 Å². The maximum Gasteiger partial charge on any atom is 0.336 e. The molecule has 1 amide bonds. The Morgan fingerprint density at radius 1 is 1.00 bits per heavy atom. The largest absolute Gasteiger partial charge is 0.508 e. The van der Waals surface area contributed by atoms with Crippen molar-refractivity contribution in [3.63, 3.8) is 0 Å². The van der Waals surface area contributed by atoms with Crippen LogP contribution in [0.25, 0.3) is 33.4 Å². The highest BCUT2D eigenvalue weighted by molar-refractivity contribution is 6.07. The summed E-state index contributed by atoms with van der Waals surface area (Å²) < 4.78 is 5.91. The van der Waals surface area contributed by atoms with Crippen LogP contribution in [0.15, 0.2) is 80.6 Å². The molecule has 0 aromatic heterocycles. The highest BCUT2D eigenvalue weighted by atomic mass is 16.6. The van der Waals surface area contributed by atoms with Gasteiger partial charge in [-0.05, 0) is 121 Å². The van der Waals surface area contributed by atoms with Crippen molar-refractivity contribution in [2.24, 2.45) is 39.7 Å². The second-order valence-electron chi connectivity index (χ2n) is 16.6. The van der Waals surface area contributed by atoms with Gasteiger partial charge in [-0.3, -0.25) is 14.4 Å². The van der Waals surface area contributed by atoms with Crippen molar-refractivity contribution in [3.8, 4) is 28.2 Å². The van der Waals surface area contributed by atoms with Gasteiger partial charge in [0.2, 0.25) is 0 Å². The molecule has 56 heavy (non-hydrogen) atoms. The molecule has 0 radical (unpaired) electrons. The highest BCUT2D eigenvalue weighted by Gasteiger charge is 2.62. The Balaban J connectivity index is 0.931. The number of allylic oxidation sites excluding steroid dienone is 2. The van der Waals surface area contributed by atoms with E-state index in [0.29, 0.717) is 52.3 Å². The van der Waals surface area contributed by atoms with E-state index in [1.807, 2.05) is 0 Å². The first-order valence-corrected chi connectivity index (χ1v) is 19.3. The Bertz CT molecular complexity index is 2350. The number of hydrogen-bond acceptors (Lipinski definition) is 10. The molecule has 1 heterocycles. The average molecular weight is 763 g/mol. The molecule has 5 aliphatic carbocycles. The summed E-state index contributed by atoms with van der Waals surface area (Å²) in [5.74, 6) is -0.986. The molecule has 6 aliphatic rings. The van der Waals surface area contributed by atoms with Crippen molar-refractivity contribution in [3.05, 3.63) is 87.6 Å². The quantitative estimate of drug-likeness (QED) is 0.0987. The van der Waals surface area contributed by atoms with E-state index in [-0.39, 0.29) is 69.7 Å². The third-order valence-corrected chi connectivity index (χ3v) is 13.6. The minimum absolute atomic E-state index is 0.0159. The number of hydrogen-bond donors (Lipinski definition) is 5. The summed E-state index contributed by atoms with van der Waals surface area (Å²) in [6.45, 7) is 3.66. The van der Waals surface area contributed by atoms with E-state index in [4.69, 9.17) is 9.25 Å². The monoisotopic (exact) mass is 762 g/mol. The SMILES string of the molecule is C[C@]12C[C@H](O)C3C(CCC4=C/C(=N/OCC(=O)NCc5ccc(-c6c7ccc(=O)cc-7oc7cc(O)ccc67)c(C(=O)O)c5)CC[C@@]43C)C1CCC2C(=O)CO. The zero-order valence-electron chi connectivity index (χ0n) is 31.4. The van der Waals surface area contributed by atoms with Gasteiger partial charge in [0, 0.05) is 41.1 Å². The summed E-state index contributed by atoms with van der Waals surface area (Å²) in [6.07, 6.45) is 7.02. The number of aromatic hydroxyl groups is 1. The van der Waals surface area contributed by atoms with Gasteiger partial charge in [0.05, 0.1) is 17.4 Å². The summed E-state index contributed by atoms with van der Waals surface area (Å²) >= 11 is 0. The van der Waals surface area contributed by atoms with Crippen LogP contribution in [0.3, 0.4) is 0 Å². The standard InChI is InChI=1S/C44H46N2O10/c1-43-14-13-25(16-24(43)4-8-29-33-11-12-34(36(51)21-47)44(33,2)19-35(50)41(29)43)46-55-22-39(52)45-20-23-3-7-28(32(15-23)42(53)54)40-30-9-5-26(48)17-37(30)56-38-18-27(49)6-10-31(38)40/h3,5-7,9-10,15-18,29,33-35,41,47-48,50H,4,8,11-14,19-22H2,1-2H3,(H,45,52)(H,53,54)/b46-25+/t29?,33?,34?,35-,41?,43-,44-/m0/s1. The summed E-state index contributed by atoms with van der Waals surface area (Å²) in [5.41, 5.74) is 3.46. The molecule has 2 aromatic carbocycles. The van der Waals surface area contributed by atoms with E-state index >= 15 is 0 Å². The maximum atomic E-state index is 12.8. The minimum atomic E-state index is -1.18. The number of fused-ring (bicyclic) bond motifs is 7. The lowest BCUT2D eigenvalue weighted by molar-refractivity contribution is -0.144. The fraction of sp³-hybridized carbons (Fsp3) is 0.432. The Labute approximate surface area is 323 Å². The predicted octanol–water partition coefficient (Wildman–Crippen LogP) is 6.07. The van der Waals surface area contributed by atoms with Gasteiger partial charge in [-0.2, -0.15) is 0 Å². The first-order chi connectivity index (χ1) is 26.8. The predicted molar refractivity (Wildman–Crippen MR) is 207 cm³/mol. The molecule has 3 fully saturated rings. The lowest BCUT2D eigenvalue weighted by atomic mass is 9.46. The average Bonchev–Trinajstić information content (AvgIpc) is 3.51. The molecule has 0 bridgehead atoms. The van der Waals surface area contributed by atoms with E-state index in [1.54, 1.807) is 24.3 Å². The number of nitrogens with one attached hydrogen (secondary N) is 1.